The number of nitrogen functional groups attached to an aromatic ring is 1. The molecule has 3 N–H and O–H groups in total. The molecule has 1 amide bonds. The van der Waals surface area contributed by atoms with Gasteiger partial charge in [-0.05, 0) is 22.4 Å². The average molecular weight is 478 g/mol. The second-order valence-corrected chi connectivity index (χ2v) is 7.19. The number of nitrogens with two attached hydrogens (primary N) is 1. The Hall–Kier alpha value is -3.47. The lowest BCUT2D eigenvalue weighted by Gasteiger charge is -2.07. The second kappa shape index (κ2) is 8.72. The summed E-state index contributed by atoms with van der Waals surface area (Å²) in [6, 6.07) is 11.9. The summed E-state index contributed by atoms with van der Waals surface area (Å²) in [4.78, 5) is 12.8. The SMILES string of the molecule is Nc1nonc1-n1nnc(C(=O)NN=Cc2cccc(Cl)c2Cl)c1-c1ccccc1Cl. The quantitative estimate of drug-likeness (QED) is 0.331. The van der Waals surface area contributed by atoms with Gasteiger partial charge in [0, 0.05) is 11.1 Å². The summed E-state index contributed by atoms with van der Waals surface area (Å²) in [6.07, 6.45) is 1.35. The highest BCUT2D eigenvalue weighted by Crippen LogP contribution is 2.31. The second-order valence-electron chi connectivity index (χ2n) is 5.99. The van der Waals surface area contributed by atoms with Crippen LogP contribution in [0.25, 0.3) is 17.1 Å². The highest BCUT2D eigenvalue weighted by Gasteiger charge is 2.26. The summed E-state index contributed by atoms with van der Waals surface area (Å²) in [5.74, 6) is -0.653. The van der Waals surface area contributed by atoms with Crippen LogP contribution >= 0.6 is 34.8 Å². The van der Waals surface area contributed by atoms with E-state index in [0.29, 0.717) is 26.2 Å². The van der Waals surface area contributed by atoms with E-state index in [1.54, 1.807) is 42.5 Å². The summed E-state index contributed by atoms with van der Waals surface area (Å²) in [5.41, 5.74) is 9.28. The van der Waals surface area contributed by atoms with Gasteiger partial charge in [0.2, 0.25) is 11.6 Å². The monoisotopic (exact) mass is 476 g/mol. The van der Waals surface area contributed by atoms with E-state index in [-0.39, 0.29) is 23.0 Å². The molecule has 4 aromatic rings. The number of carbonyl (C=O) groups is 1. The van der Waals surface area contributed by atoms with Crippen LogP contribution in [-0.4, -0.2) is 37.4 Å². The highest BCUT2D eigenvalue weighted by atomic mass is 35.5. The lowest BCUT2D eigenvalue weighted by atomic mass is 10.1. The predicted octanol–water partition coefficient (Wildman–Crippen LogP) is 3.62. The number of benzene rings is 2. The Kier molecular flexibility index (Phi) is 5.85. The molecular weight excluding hydrogens is 467 g/mol. The van der Waals surface area contributed by atoms with E-state index >= 15 is 0 Å². The molecule has 0 aliphatic carbocycles. The maximum absolute atomic E-state index is 12.8. The van der Waals surface area contributed by atoms with Crippen molar-refractivity contribution in [3.8, 4) is 17.1 Å². The van der Waals surface area contributed by atoms with Gasteiger partial charge in [0.1, 0.15) is 5.69 Å². The van der Waals surface area contributed by atoms with Crippen molar-refractivity contribution in [3.05, 3.63) is 68.8 Å². The van der Waals surface area contributed by atoms with Crippen LogP contribution in [0, 0.1) is 0 Å². The van der Waals surface area contributed by atoms with Crippen molar-refractivity contribution >= 4 is 52.7 Å². The topological polar surface area (TPSA) is 137 Å². The van der Waals surface area contributed by atoms with Gasteiger partial charge >= 0.3 is 0 Å². The molecule has 13 heteroatoms. The molecule has 0 radical (unpaired) electrons. The molecule has 4 rings (SSSR count). The number of anilines is 1. The first-order valence-corrected chi connectivity index (χ1v) is 9.67. The maximum Gasteiger partial charge on any atom is 0.294 e. The van der Waals surface area contributed by atoms with Crippen LogP contribution in [0.2, 0.25) is 15.1 Å². The Bertz CT molecular complexity index is 1300. The Morgan fingerprint density at radius 3 is 2.61 bits per heavy atom. The minimum atomic E-state index is -0.661. The highest BCUT2D eigenvalue weighted by molar-refractivity contribution is 6.43. The molecule has 0 saturated heterocycles. The first-order chi connectivity index (χ1) is 15.0. The van der Waals surface area contributed by atoms with Crippen molar-refractivity contribution < 1.29 is 9.42 Å². The zero-order chi connectivity index (χ0) is 22.0. The van der Waals surface area contributed by atoms with Gasteiger partial charge < -0.3 is 5.73 Å². The first kappa shape index (κ1) is 20.8. The van der Waals surface area contributed by atoms with Gasteiger partial charge in [0.15, 0.2) is 5.69 Å². The van der Waals surface area contributed by atoms with Crippen molar-refractivity contribution in [2.24, 2.45) is 5.10 Å². The Labute approximate surface area is 189 Å². The fourth-order valence-electron chi connectivity index (χ4n) is 2.65. The molecule has 0 saturated carbocycles. The summed E-state index contributed by atoms with van der Waals surface area (Å²) in [6.45, 7) is 0. The Morgan fingerprint density at radius 1 is 1.10 bits per heavy atom. The predicted molar refractivity (Wildman–Crippen MR) is 116 cm³/mol. The van der Waals surface area contributed by atoms with Gasteiger partial charge in [0.25, 0.3) is 5.91 Å². The zero-order valence-electron chi connectivity index (χ0n) is 15.3. The van der Waals surface area contributed by atoms with Crippen LogP contribution in [0.5, 0.6) is 0 Å². The fraction of sp³-hybridized carbons (Fsp3) is 0. The molecule has 0 aliphatic rings. The van der Waals surface area contributed by atoms with E-state index in [4.69, 9.17) is 40.5 Å². The number of carbonyl (C=O) groups excluding carboxylic acids is 1. The number of aromatic nitrogens is 5. The van der Waals surface area contributed by atoms with Crippen LogP contribution in [0.15, 0.2) is 52.2 Å². The Morgan fingerprint density at radius 2 is 1.87 bits per heavy atom. The number of hydrogen-bond donors (Lipinski definition) is 2. The van der Waals surface area contributed by atoms with Gasteiger partial charge in [-0.1, -0.05) is 70.3 Å². The molecule has 0 spiro atoms. The van der Waals surface area contributed by atoms with Crippen LogP contribution in [0.3, 0.4) is 0 Å². The molecule has 0 atom stereocenters. The van der Waals surface area contributed by atoms with Crippen molar-refractivity contribution in [2.75, 3.05) is 5.73 Å². The Balaban J connectivity index is 1.71. The molecule has 31 heavy (non-hydrogen) atoms. The molecule has 2 aromatic carbocycles. The molecule has 0 fully saturated rings. The first-order valence-electron chi connectivity index (χ1n) is 8.53. The van der Waals surface area contributed by atoms with E-state index in [1.165, 1.54) is 10.9 Å². The van der Waals surface area contributed by atoms with Crippen molar-refractivity contribution in [1.82, 2.24) is 30.7 Å². The van der Waals surface area contributed by atoms with Crippen molar-refractivity contribution in [2.45, 2.75) is 0 Å². The van der Waals surface area contributed by atoms with E-state index in [2.05, 4.69) is 35.8 Å². The van der Waals surface area contributed by atoms with E-state index in [0.717, 1.165) is 0 Å². The van der Waals surface area contributed by atoms with E-state index in [9.17, 15) is 4.79 Å². The summed E-state index contributed by atoms with van der Waals surface area (Å²) >= 11 is 18.4. The molecule has 2 aromatic heterocycles. The fourth-order valence-corrected chi connectivity index (χ4v) is 3.23. The van der Waals surface area contributed by atoms with Gasteiger partial charge in [0.05, 0.1) is 21.3 Å². The van der Waals surface area contributed by atoms with Gasteiger partial charge in [-0.2, -0.15) is 9.78 Å². The minimum absolute atomic E-state index is 0.0428. The summed E-state index contributed by atoms with van der Waals surface area (Å²) < 4.78 is 5.84. The average Bonchev–Trinajstić information content (AvgIpc) is 3.37. The smallest absolute Gasteiger partial charge is 0.294 e. The number of hydrazone groups is 1. The molecule has 2 heterocycles. The molecule has 0 bridgehead atoms. The minimum Gasteiger partial charge on any atom is -0.378 e. The van der Waals surface area contributed by atoms with Crippen LogP contribution in [0.1, 0.15) is 16.1 Å². The summed E-state index contributed by atoms with van der Waals surface area (Å²) in [5, 5.41) is 20.1. The normalized spacial score (nSPS) is 11.2. The maximum atomic E-state index is 12.8. The van der Waals surface area contributed by atoms with Gasteiger partial charge in [-0.3, -0.25) is 4.79 Å². The van der Waals surface area contributed by atoms with Crippen LogP contribution in [-0.2, 0) is 0 Å². The standard InChI is InChI=1S/C18H11Cl3N8O2/c19-11-6-2-1-5-10(11)15-14(24-28-29(15)17-16(22)26-31-27-17)18(30)25-23-8-9-4-3-7-12(20)13(9)21/h1-8H,(H2,22,26)(H,25,30). The number of nitrogens with zero attached hydrogens (tertiary/aromatic N) is 6. The number of nitrogens with one attached hydrogen (secondary N) is 1. The zero-order valence-corrected chi connectivity index (χ0v) is 17.6. The van der Waals surface area contributed by atoms with Crippen molar-refractivity contribution in [1.29, 1.82) is 0 Å². The lowest BCUT2D eigenvalue weighted by molar-refractivity contribution is 0.0950. The molecule has 0 unspecified atom stereocenters. The molecule has 10 nitrogen and oxygen atoms in total. The third kappa shape index (κ3) is 4.08. The third-order valence-corrected chi connectivity index (χ3v) is 5.22. The number of amides is 1. The third-order valence-electron chi connectivity index (χ3n) is 4.06. The van der Waals surface area contributed by atoms with Gasteiger partial charge in [-0.15, -0.1) is 5.10 Å². The van der Waals surface area contributed by atoms with Crippen LogP contribution < -0.4 is 11.2 Å². The van der Waals surface area contributed by atoms with Gasteiger partial charge in [-0.25, -0.2) is 10.1 Å². The molecular formula is C18H11Cl3N8O2. The molecule has 0 aliphatic heterocycles. The van der Waals surface area contributed by atoms with Crippen LogP contribution in [0.4, 0.5) is 5.82 Å². The van der Waals surface area contributed by atoms with E-state index < -0.39 is 5.91 Å². The summed E-state index contributed by atoms with van der Waals surface area (Å²) in [7, 11) is 0. The van der Waals surface area contributed by atoms with Crippen molar-refractivity contribution in [3.63, 3.8) is 0 Å². The molecule has 156 valence electrons. The van der Waals surface area contributed by atoms with E-state index in [1.807, 2.05) is 0 Å². The lowest BCUT2D eigenvalue weighted by Crippen LogP contribution is -2.19. The largest absolute Gasteiger partial charge is 0.378 e. The number of halogens is 3. The number of hydrogen-bond acceptors (Lipinski definition) is 8. The number of rotatable bonds is 5.